The quantitative estimate of drug-likeness (QED) is 0.822. The van der Waals surface area contributed by atoms with Crippen molar-refractivity contribution in [2.24, 2.45) is 0 Å². The van der Waals surface area contributed by atoms with Gasteiger partial charge in [0.05, 0.1) is 11.2 Å². The van der Waals surface area contributed by atoms with Crippen LogP contribution in [0.4, 0.5) is 10.1 Å². The highest BCUT2D eigenvalue weighted by molar-refractivity contribution is 5.72. The highest BCUT2D eigenvalue weighted by atomic mass is 19.1. The summed E-state index contributed by atoms with van der Waals surface area (Å²) in [6, 6.07) is 6.51. The lowest BCUT2D eigenvalue weighted by Crippen LogP contribution is -2.22. The Labute approximate surface area is 100 Å². The second kappa shape index (κ2) is 3.87. The Morgan fingerprint density at radius 3 is 2.41 bits per heavy atom. The van der Waals surface area contributed by atoms with Gasteiger partial charge in [-0.2, -0.15) is 5.10 Å². The Kier molecular flexibility index (Phi) is 2.65. The zero-order chi connectivity index (χ0) is 12.6. The maximum atomic E-state index is 13.7. The van der Waals surface area contributed by atoms with Crippen LogP contribution in [0.1, 0.15) is 20.8 Å². The molecule has 0 amide bonds. The Hall–Kier alpha value is -1.84. The van der Waals surface area contributed by atoms with Crippen molar-refractivity contribution in [3.05, 3.63) is 36.3 Å². The molecule has 2 aromatic rings. The fourth-order valence-corrected chi connectivity index (χ4v) is 1.59. The molecule has 2 N–H and O–H groups in total. The van der Waals surface area contributed by atoms with Gasteiger partial charge < -0.3 is 5.73 Å². The summed E-state index contributed by atoms with van der Waals surface area (Å²) in [5.74, 6) is -0.307. The summed E-state index contributed by atoms with van der Waals surface area (Å²) >= 11 is 0. The monoisotopic (exact) mass is 233 g/mol. The molecule has 0 radical (unpaired) electrons. The van der Waals surface area contributed by atoms with Crippen LogP contribution in [0.2, 0.25) is 0 Å². The molecule has 0 atom stereocenters. The molecule has 1 aromatic heterocycles. The number of nitrogen functional groups attached to an aromatic ring is 1. The SMILES string of the molecule is CC(C)(C)n1cc(N)c(-c2ccccc2F)n1. The molecule has 90 valence electrons. The topological polar surface area (TPSA) is 43.8 Å². The van der Waals surface area contributed by atoms with E-state index >= 15 is 0 Å². The zero-order valence-corrected chi connectivity index (χ0v) is 10.2. The molecule has 3 nitrogen and oxygen atoms in total. The fraction of sp³-hybridized carbons (Fsp3) is 0.308. The maximum Gasteiger partial charge on any atom is 0.132 e. The number of halogens is 1. The Balaban J connectivity index is 2.55. The van der Waals surface area contributed by atoms with Crippen molar-refractivity contribution in [1.82, 2.24) is 9.78 Å². The van der Waals surface area contributed by atoms with Crippen LogP contribution < -0.4 is 5.73 Å². The second-order valence-corrected chi connectivity index (χ2v) is 5.03. The van der Waals surface area contributed by atoms with Gasteiger partial charge >= 0.3 is 0 Å². The summed E-state index contributed by atoms with van der Waals surface area (Å²) in [5, 5.41) is 4.36. The van der Waals surface area contributed by atoms with E-state index in [1.54, 1.807) is 29.1 Å². The molecule has 0 aliphatic carbocycles. The van der Waals surface area contributed by atoms with Crippen molar-refractivity contribution in [1.29, 1.82) is 0 Å². The van der Waals surface area contributed by atoms with Crippen molar-refractivity contribution in [2.75, 3.05) is 5.73 Å². The zero-order valence-electron chi connectivity index (χ0n) is 10.2. The highest BCUT2D eigenvalue weighted by Gasteiger charge is 2.18. The smallest absolute Gasteiger partial charge is 0.132 e. The van der Waals surface area contributed by atoms with Crippen molar-refractivity contribution in [3.63, 3.8) is 0 Å². The number of hydrogen-bond acceptors (Lipinski definition) is 2. The molecule has 0 aliphatic rings. The Bertz CT molecular complexity index is 538. The van der Waals surface area contributed by atoms with Gasteiger partial charge in [0, 0.05) is 11.8 Å². The molecular weight excluding hydrogens is 217 g/mol. The van der Waals surface area contributed by atoms with Crippen LogP contribution in [0, 0.1) is 5.82 Å². The first kappa shape index (κ1) is 11.6. The first-order valence-corrected chi connectivity index (χ1v) is 5.50. The van der Waals surface area contributed by atoms with E-state index in [2.05, 4.69) is 5.10 Å². The van der Waals surface area contributed by atoms with E-state index in [4.69, 9.17) is 5.73 Å². The number of hydrogen-bond donors (Lipinski definition) is 1. The lowest BCUT2D eigenvalue weighted by molar-refractivity contribution is 0.356. The van der Waals surface area contributed by atoms with Gasteiger partial charge in [-0.25, -0.2) is 4.39 Å². The molecule has 0 fully saturated rings. The lowest BCUT2D eigenvalue weighted by Gasteiger charge is -2.18. The number of rotatable bonds is 1. The molecule has 4 heteroatoms. The first-order chi connectivity index (χ1) is 7.89. The third-order valence-corrected chi connectivity index (χ3v) is 2.56. The van der Waals surface area contributed by atoms with Gasteiger partial charge in [0.25, 0.3) is 0 Å². The molecule has 0 saturated carbocycles. The van der Waals surface area contributed by atoms with Crippen molar-refractivity contribution < 1.29 is 4.39 Å². The molecule has 0 unspecified atom stereocenters. The summed E-state index contributed by atoms with van der Waals surface area (Å²) < 4.78 is 15.4. The largest absolute Gasteiger partial charge is 0.396 e. The number of benzene rings is 1. The van der Waals surface area contributed by atoms with Gasteiger partial charge in [-0.3, -0.25) is 4.68 Å². The van der Waals surface area contributed by atoms with Crippen LogP contribution in [-0.2, 0) is 5.54 Å². The molecule has 1 aromatic carbocycles. The van der Waals surface area contributed by atoms with Crippen LogP contribution >= 0.6 is 0 Å². The van der Waals surface area contributed by atoms with E-state index in [9.17, 15) is 4.39 Å². The first-order valence-electron chi connectivity index (χ1n) is 5.50. The average molecular weight is 233 g/mol. The number of aromatic nitrogens is 2. The third-order valence-electron chi connectivity index (χ3n) is 2.56. The van der Waals surface area contributed by atoms with Gasteiger partial charge in [-0.1, -0.05) is 12.1 Å². The van der Waals surface area contributed by atoms with Crippen LogP contribution in [-0.4, -0.2) is 9.78 Å². The van der Waals surface area contributed by atoms with E-state index in [1.165, 1.54) is 6.07 Å². The molecule has 2 rings (SSSR count). The number of nitrogens with zero attached hydrogens (tertiary/aromatic N) is 2. The highest BCUT2D eigenvalue weighted by Crippen LogP contribution is 2.28. The Morgan fingerprint density at radius 1 is 1.24 bits per heavy atom. The van der Waals surface area contributed by atoms with Crippen LogP contribution in [0.25, 0.3) is 11.3 Å². The molecular formula is C13H16FN3. The number of nitrogens with two attached hydrogens (primary N) is 1. The normalized spacial score (nSPS) is 11.8. The van der Waals surface area contributed by atoms with Crippen LogP contribution in [0.3, 0.4) is 0 Å². The molecule has 0 aliphatic heterocycles. The summed E-state index contributed by atoms with van der Waals surface area (Å²) in [7, 11) is 0. The van der Waals surface area contributed by atoms with Gasteiger partial charge in [0.15, 0.2) is 0 Å². The minimum absolute atomic E-state index is 0.169. The second-order valence-electron chi connectivity index (χ2n) is 5.03. The minimum Gasteiger partial charge on any atom is -0.396 e. The fourth-order valence-electron chi connectivity index (χ4n) is 1.59. The van der Waals surface area contributed by atoms with E-state index in [0.29, 0.717) is 16.9 Å². The molecule has 0 bridgehead atoms. The predicted molar refractivity (Wildman–Crippen MR) is 67.0 cm³/mol. The Morgan fingerprint density at radius 2 is 1.88 bits per heavy atom. The molecule has 17 heavy (non-hydrogen) atoms. The van der Waals surface area contributed by atoms with Crippen molar-refractivity contribution in [2.45, 2.75) is 26.3 Å². The lowest BCUT2D eigenvalue weighted by atomic mass is 10.1. The molecule has 0 saturated heterocycles. The molecule has 1 heterocycles. The standard InChI is InChI=1S/C13H16FN3/c1-13(2,3)17-8-11(15)12(16-17)9-6-4-5-7-10(9)14/h4-8H,15H2,1-3H3. The maximum absolute atomic E-state index is 13.7. The summed E-state index contributed by atoms with van der Waals surface area (Å²) in [4.78, 5) is 0. The summed E-state index contributed by atoms with van der Waals surface area (Å²) in [6.45, 7) is 6.06. The van der Waals surface area contributed by atoms with Gasteiger partial charge in [0.2, 0.25) is 0 Å². The van der Waals surface area contributed by atoms with Crippen molar-refractivity contribution >= 4 is 5.69 Å². The minimum atomic E-state index is -0.307. The van der Waals surface area contributed by atoms with E-state index in [-0.39, 0.29) is 11.4 Å². The van der Waals surface area contributed by atoms with Gasteiger partial charge in [0.1, 0.15) is 11.5 Å². The van der Waals surface area contributed by atoms with Gasteiger partial charge in [-0.05, 0) is 32.9 Å². The van der Waals surface area contributed by atoms with Crippen LogP contribution in [0.15, 0.2) is 30.5 Å². The average Bonchev–Trinajstić information content (AvgIpc) is 2.61. The molecule has 0 spiro atoms. The third kappa shape index (κ3) is 2.16. The number of anilines is 1. The van der Waals surface area contributed by atoms with Gasteiger partial charge in [-0.15, -0.1) is 0 Å². The predicted octanol–water partition coefficient (Wildman–Crippen LogP) is 3.03. The summed E-state index contributed by atoms with van der Waals surface area (Å²) in [6.07, 6.45) is 1.74. The summed E-state index contributed by atoms with van der Waals surface area (Å²) in [5.41, 5.74) is 7.15. The van der Waals surface area contributed by atoms with Crippen molar-refractivity contribution in [3.8, 4) is 11.3 Å². The van der Waals surface area contributed by atoms with E-state index in [1.807, 2.05) is 20.8 Å². The van der Waals surface area contributed by atoms with E-state index < -0.39 is 0 Å². The van der Waals surface area contributed by atoms with Crippen LogP contribution in [0.5, 0.6) is 0 Å². The van der Waals surface area contributed by atoms with E-state index in [0.717, 1.165) is 0 Å².